The second-order valence-corrected chi connectivity index (χ2v) is 7.44. The van der Waals surface area contributed by atoms with E-state index in [9.17, 15) is 4.79 Å². The highest BCUT2D eigenvalue weighted by Crippen LogP contribution is 2.20. The number of hydrogen-bond acceptors (Lipinski definition) is 5. The number of likely N-dealkylation sites (tertiary alicyclic amines) is 1. The number of amides is 1. The maximum absolute atomic E-state index is 12.1. The van der Waals surface area contributed by atoms with E-state index in [1.165, 1.54) is 11.8 Å². The molecule has 1 aromatic heterocycles. The van der Waals surface area contributed by atoms with Crippen LogP contribution in [0.15, 0.2) is 33.9 Å². The first-order valence-electron chi connectivity index (χ1n) is 7.80. The van der Waals surface area contributed by atoms with Crippen LogP contribution in [0.3, 0.4) is 0 Å². The molecule has 24 heavy (non-hydrogen) atoms. The topological polar surface area (TPSA) is 60.2 Å². The molecule has 6 nitrogen and oxygen atoms in total. The molecule has 1 aliphatic heterocycles. The fourth-order valence-corrected chi connectivity index (χ4v) is 3.56. The predicted octanol–water partition coefficient (Wildman–Crippen LogP) is 2.87. The van der Waals surface area contributed by atoms with Crippen LogP contribution in [0.2, 0.25) is 0 Å². The Morgan fingerprint density at radius 3 is 2.67 bits per heavy atom. The van der Waals surface area contributed by atoms with Crippen molar-refractivity contribution in [3.63, 3.8) is 0 Å². The van der Waals surface area contributed by atoms with Crippen LogP contribution < -0.4 is 4.74 Å². The molecule has 1 aliphatic rings. The van der Waals surface area contributed by atoms with Gasteiger partial charge in [-0.3, -0.25) is 4.79 Å². The highest BCUT2D eigenvalue weighted by molar-refractivity contribution is 9.10. The molecule has 0 unspecified atom stereocenters. The van der Waals surface area contributed by atoms with E-state index in [2.05, 4.69) is 26.1 Å². The molecule has 0 atom stereocenters. The lowest BCUT2D eigenvalue weighted by molar-refractivity contribution is -0.127. The Balaban J connectivity index is 1.53. The number of rotatable bonds is 6. The minimum atomic E-state index is 0.174. The van der Waals surface area contributed by atoms with Gasteiger partial charge in [-0.25, -0.2) is 0 Å². The van der Waals surface area contributed by atoms with Crippen LogP contribution in [0.1, 0.15) is 18.7 Å². The third-order valence-corrected chi connectivity index (χ3v) is 5.42. The molecule has 1 aromatic carbocycles. The fraction of sp³-hybridized carbons (Fsp3) is 0.438. The lowest BCUT2D eigenvalue weighted by Crippen LogP contribution is -2.29. The number of hydrogen-bond donors (Lipinski definition) is 0. The Kier molecular flexibility index (Phi) is 5.78. The van der Waals surface area contributed by atoms with Gasteiger partial charge in [-0.15, -0.1) is 10.2 Å². The third-order valence-electron chi connectivity index (χ3n) is 3.89. The van der Waals surface area contributed by atoms with Gasteiger partial charge in [-0.2, -0.15) is 0 Å². The van der Waals surface area contributed by atoms with E-state index in [1.807, 2.05) is 40.8 Å². The van der Waals surface area contributed by atoms with Crippen LogP contribution in [-0.2, 0) is 18.4 Å². The summed E-state index contributed by atoms with van der Waals surface area (Å²) in [6.45, 7) is 2.10. The molecule has 8 heteroatoms. The summed E-state index contributed by atoms with van der Waals surface area (Å²) in [5, 5.41) is 9.05. The minimum absolute atomic E-state index is 0.174. The van der Waals surface area contributed by atoms with Crippen molar-refractivity contribution >= 4 is 33.6 Å². The van der Waals surface area contributed by atoms with Crippen molar-refractivity contribution in [2.24, 2.45) is 7.05 Å². The first-order valence-corrected chi connectivity index (χ1v) is 9.58. The first-order chi connectivity index (χ1) is 11.6. The lowest BCUT2D eigenvalue weighted by Gasteiger charge is -2.14. The summed E-state index contributed by atoms with van der Waals surface area (Å²) in [5.74, 6) is 2.08. The predicted molar refractivity (Wildman–Crippen MR) is 96.0 cm³/mol. The molecule has 0 N–H and O–H groups in total. The first kappa shape index (κ1) is 17.3. The highest BCUT2D eigenvalue weighted by atomic mass is 79.9. The molecule has 2 aromatic rings. The van der Waals surface area contributed by atoms with Gasteiger partial charge in [0.05, 0.1) is 5.75 Å². The van der Waals surface area contributed by atoms with Gasteiger partial charge < -0.3 is 14.2 Å². The molecular formula is C16H19BrN4O2S. The van der Waals surface area contributed by atoms with E-state index in [4.69, 9.17) is 4.74 Å². The van der Waals surface area contributed by atoms with Gasteiger partial charge in [0.15, 0.2) is 11.0 Å². The number of benzene rings is 1. The molecular weight excluding hydrogens is 392 g/mol. The van der Waals surface area contributed by atoms with Crippen molar-refractivity contribution in [1.29, 1.82) is 0 Å². The van der Waals surface area contributed by atoms with E-state index < -0.39 is 0 Å². The van der Waals surface area contributed by atoms with Crippen LogP contribution in [0.4, 0.5) is 0 Å². The number of carbonyl (C=O) groups is 1. The summed E-state index contributed by atoms with van der Waals surface area (Å²) < 4.78 is 8.60. The summed E-state index contributed by atoms with van der Waals surface area (Å²) in [6, 6.07) is 7.64. The second kappa shape index (κ2) is 8.02. The maximum atomic E-state index is 12.1. The lowest BCUT2D eigenvalue weighted by atomic mass is 10.3. The van der Waals surface area contributed by atoms with Gasteiger partial charge in [-0.1, -0.05) is 27.7 Å². The fourth-order valence-electron chi connectivity index (χ4n) is 2.46. The molecule has 0 radical (unpaired) electrons. The quantitative estimate of drug-likeness (QED) is 0.685. The molecule has 0 aliphatic carbocycles. The van der Waals surface area contributed by atoms with Crippen molar-refractivity contribution in [1.82, 2.24) is 19.7 Å². The number of halogens is 1. The Hall–Kier alpha value is -1.54. The monoisotopic (exact) mass is 410 g/mol. The molecule has 1 saturated heterocycles. The average molecular weight is 411 g/mol. The van der Waals surface area contributed by atoms with E-state index in [-0.39, 0.29) is 5.91 Å². The van der Waals surface area contributed by atoms with Crippen molar-refractivity contribution < 1.29 is 9.53 Å². The highest BCUT2D eigenvalue weighted by Gasteiger charge is 2.19. The SMILES string of the molecule is Cn1c(COc2ccc(Br)cc2)nnc1SCC(=O)N1CCCC1. The summed E-state index contributed by atoms with van der Waals surface area (Å²) in [5.41, 5.74) is 0. The molecule has 128 valence electrons. The summed E-state index contributed by atoms with van der Waals surface area (Å²) >= 11 is 4.82. The Morgan fingerprint density at radius 2 is 1.96 bits per heavy atom. The number of carbonyl (C=O) groups excluding carboxylic acids is 1. The van der Waals surface area contributed by atoms with Gasteiger partial charge >= 0.3 is 0 Å². The molecule has 3 rings (SSSR count). The van der Waals surface area contributed by atoms with Gasteiger partial charge in [-0.05, 0) is 37.1 Å². The summed E-state index contributed by atoms with van der Waals surface area (Å²) in [7, 11) is 1.89. The zero-order valence-corrected chi connectivity index (χ0v) is 15.8. The normalized spacial score (nSPS) is 14.2. The standard InChI is InChI=1S/C16H19BrN4O2S/c1-20-14(10-23-13-6-4-12(17)5-7-13)18-19-16(20)24-11-15(22)21-8-2-3-9-21/h4-7H,2-3,8-11H2,1H3. The molecule has 0 spiro atoms. The largest absolute Gasteiger partial charge is 0.486 e. The zero-order chi connectivity index (χ0) is 16.9. The zero-order valence-electron chi connectivity index (χ0n) is 13.4. The average Bonchev–Trinajstić information content (AvgIpc) is 3.23. The van der Waals surface area contributed by atoms with Crippen LogP contribution >= 0.6 is 27.7 Å². The Bertz CT molecular complexity index is 699. The van der Waals surface area contributed by atoms with E-state index in [0.29, 0.717) is 12.4 Å². The van der Waals surface area contributed by atoms with Crippen molar-refractivity contribution in [2.45, 2.75) is 24.6 Å². The van der Waals surface area contributed by atoms with Crippen molar-refractivity contribution in [3.8, 4) is 5.75 Å². The minimum Gasteiger partial charge on any atom is -0.486 e. The molecule has 2 heterocycles. The molecule has 0 bridgehead atoms. The second-order valence-electron chi connectivity index (χ2n) is 5.58. The molecule has 1 fully saturated rings. The van der Waals surface area contributed by atoms with Crippen LogP contribution in [0.25, 0.3) is 0 Å². The maximum Gasteiger partial charge on any atom is 0.233 e. The number of thioether (sulfide) groups is 1. The van der Waals surface area contributed by atoms with Crippen molar-refractivity contribution in [2.75, 3.05) is 18.8 Å². The molecule has 0 saturated carbocycles. The van der Waals surface area contributed by atoms with Crippen LogP contribution in [-0.4, -0.2) is 44.4 Å². The number of nitrogens with zero attached hydrogens (tertiary/aromatic N) is 4. The van der Waals surface area contributed by atoms with Crippen LogP contribution in [0, 0.1) is 0 Å². The number of aromatic nitrogens is 3. The van der Waals surface area contributed by atoms with Crippen LogP contribution in [0.5, 0.6) is 5.75 Å². The smallest absolute Gasteiger partial charge is 0.233 e. The van der Waals surface area contributed by atoms with Gasteiger partial charge in [0.25, 0.3) is 0 Å². The van der Waals surface area contributed by atoms with Gasteiger partial charge in [0, 0.05) is 24.6 Å². The third kappa shape index (κ3) is 4.30. The van der Waals surface area contributed by atoms with E-state index >= 15 is 0 Å². The summed E-state index contributed by atoms with van der Waals surface area (Å²) in [6.07, 6.45) is 2.22. The Labute approximate surface area is 153 Å². The molecule has 1 amide bonds. The Morgan fingerprint density at radius 1 is 1.25 bits per heavy atom. The van der Waals surface area contributed by atoms with E-state index in [1.54, 1.807) is 0 Å². The van der Waals surface area contributed by atoms with E-state index in [0.717, 1.165) is 47.1 Å². The van der Waals surface area contributed by atoms with Gasteiger partial charge in [0.2, 0.25) is 5.91 Å². The summed E-state index contributed by atoms with van der Waals surface area (Å²) in [4.78, 5) is 14.0. The van der Waals surface area contributed by atoms with Gasteiger partial charge in [0.1, 0.15) is 12.4 Å². The van der Waals surface area contributed by atoms with Crippen molar-refractivity contribution in [3.05, 3.63) is 34.6 Å². The number of ether oxygens (including phenoxy) is 1.